The summed E-state index contributed by atoms with van der Waals surface area (Å²) in [6.45, 7) is 2.15. The van der Waals surface area contributed by atoms with Gasteiger partial charge in [0, 0.05) is 36.5 Å². The number of rotatable bonds is 6. The van der Waals surface area contributed by atoms with Gasteiger partial charge in [0.2, 0.25) is 5.89 Å². The second-order valence-corrected chi connectivity index (χ2v) is 8.18. The molecule has 0 aliphatic heterocycles. The molecule has 4 nitrogen and oxygen atoms in total. The minimum atomic E-state index is 0.160. The molecule has 0 spiro atoms. The molecule has 0 bridgehead atoms. The number of aromatic nitrogens is 3. The first kappa shape index (κ1) is 19.3. The van der Waals surface area contributed by atoms with Gasteiger partial charge in [-0.2, -0.15) is 4.98 Å². The predicted octanol–water partition coefficient (Wildman–Crippen LogP) is 6.17. The van der Waals surface area contributed by atoms with Crippen LogP contribution in [0.25, 0.3) is 22.0 Å². The van der Waals surface area contributed by atoms with E-state index in [0.717, 1.165) is 12.2 Å². The van der Waals surface area contributed by atoms with Gasteiger partial charge < -0.3 is 9.09 Å². The van der Waals surface area contributed by atoms with Crippen molar-refractivity contribution in [2.24, 2.45) is 7.05 Å². The van der Waals surface area contributed by atoms with Crippen LogP contribution in [-0.4, -0.2) is 14.7 Å². The first-order valence-electron chi connectivity index (χ1n) is 10.7. The molecule has 1 atom stereocenters. The Hall–Kier alpha value is -3.66. The summed E-state index contributed by atoms with van der Waals surface area (Å²) in [7, 11) is 2.09. The van der Waals surface area contributed by atoms with E-state index < -0.39 is 0 Å². The molecule has 5 aromatic rings. The fourth-order valence-corrected chi connectivity index (χ4v) is 4.17. The van der Waals surface area contributed by atoms with Crippen LogP contribution in [0.2, 0.25) is 0 Å². The highest BCUT2D eigenvalue weighted by Crippen LogP contribution is 2.27. The maximum Gasteiger partial charge on any atom is 0.229 e. The van der Waals surface area contributed by atoms with Crippen LogP contribution in [0.4, 0.5) is 0 Å². The number of hydrogen-bond acceptors (Lipinski definition) is 3. The molecule has 0 aliphatic rings. The average molecular weight is 408 g/mol. The minimum Gasteiger partial charge on any atom is -0.350 e. The monoisotopic (exact) mass is 407 g/mol. The number of nitrogens with zero attached hydrogens (tertiary/aromatic N) is 3. The van der Waals surface area contributed by atoms with Crippen molar-refractivity contribution in [2.45, 2.75) is 25.7 Å². The standard InChI is InChI=1S/C27H25N3O/c1-19(16-23-18-30(2)25-11-7-6-10-24(23)25)27-28-26(29-31-27)17-20-12-14-22(15-13-20)21-8-4-3-5-9-21/h3-15,18-19H,16-17H2,1-2H3/t19-/m0/s1. The van der Waals surface area contributed by atoms with E-state index in [4.69, 9.17) is 4.52 Å². The van der Waals surface area contributed by atoms with Gasteiger partial charge in [-0.15, -0.1) is 0 Å². The van der Waals surface area contributed by atoms with Gasteiger partial charge in [0.05, 0.1) is 0 Å². The van der Waals surface area contributed by atoms with Crippen molar-refractivity contribution in [1.29, 1.82) is 0 Å². The van der Waals surface area contributed by atoms with Crippen LogP contribution < -0.4 is 0 Å². The summed E-state index contributed by atoms with van der Waals surface area (Å²) in [6.07, 6.45) is 3.74. The highest BCUT2D eigenvalue weighted by Gasteiger charge is 2.17. The molecule has 2 aromatic heterocycles. The minimum absolute atomic E-state index is 0.160. The van der Waals surface area contributed by atoms with Gasteiger partial charge in [0.25, 0.3) is 0 Å². The Morgan fingerprint density at radius 2 is 1.58 bits per heavy atom. The molecule has 0 unspecified atom stereocenters. The Morgan fingerprint density at radius 1 is 0.871 bits per heavy atom. The predicted molar refractivity (Wildman–Crippen MR) is 124 cm³/mol. The molecule has 5 rings (SSSR count). The Labute approximate surface area is 182 Å². The highest BCUT2D eigenvalue weighted by molar-refractivity contribution is 5.83. The van der Waals surface area contributed by atoms with Crippen LogP contribution in [0.3, 0.4) is 0 Å². The van der Waals surface area contributed by atoms with E-state index in [1.165, 1.54) is 33.2 Å². The molecular weight excluding hydrogens is 382 g/mol. The summed E-state index contributed by atoms with van der Waals surface area (Å²) < 4.78 is 7.79. The van der Waals surface area contributed by atoms with Crippen LogP contribution in [0.15, 0.2) is 89.6 Å². The third kappa shape index (κ3) is 4.02. The SMILES string of the molecule is C[C@@H](Cc1cn(C)c2ccccc12)c1nc(Cc2ccc(-c3ccccc3)cc2)no1. The van der Waals surface area contributed by atoms with Gasteiger partial charge in [-0.3, -0.25) is 0 Å². The molecule has 31 heavy (non-hydrogen) atoms. The molecule has 2 heterocycles. The molecule has 0 aliphatic carbocycles. The van der Waals surface area contributed by atoms with Gasteiger partial charge in [0.1, 0.15) is 0 Å². The van der Waals surface area contributed by atoms with Gasteiger partial charge in [0.15, 0.2) is 5.82 Å². The van der Waals surface area contributed by atoms with E-state index in [9.17, 15) is 0 Å². The van der Waals surface area contributed by atoms with Crippen LogP contribution >= 0.6 is 0 Å². The second-order valence-electron chi connectivity index (χ2n) is 8.18. The summed E-state index contributed by atoms with van der Waals surface area (Å²) >= 11 is 0. The maximum atomic E-state index is 5.61. The third-order valence-corrected chi connectivity index (χ3v) is 5.83. The number of fused-ring (bicyclic) bond motifs is 1. The Morgan fingerprint density at radius 3 is 2.39 bits per heavy atom. The van der Waals surface area contributed by atoms with Crippen molar-refractivity contribution in [2.75, 3.05) is 0 Å². The van der Waals surface area contributed by atoms with Crippen LogP contribution in [-0.2, 0) is 19.9 Å². The van der Waals surface area contributed by atoms with E-state index in [1.807, 2.05) is 6.07 Å². The Balaban J connectivity index is 1.28. The van der Waals surface area contributed by atoms with Crippen molar-refractivity contribution >= 4 is 10.9 Å². The molecule has 0 saturated carbocycles. The fourth-order valence-electron chi connectivity index (χ4n) is 4.17. The smallest absolute Gasteiger partial charge is 0.229 e. The number of aryl methyl sites for hydroxylation is 1. The third-order valence-electron chi connectivity index (χ3n) is 5.83. The van der Waals surface area contributed by atoms with Crippen LogP contribution in [0, 0.1) is 0 Å². The maximum absolute atomic E-state index is 5.61. The number of hydrogen-bond donors (Lipinski definition) is 0. The summed E-state index contributed by atoms with van der Waals surface area (Å²) in [6, 6.07) is 27.5. The normalized spacial score (nSPS) is 12.3. The lowest BCUT2D eigenvalue weighted by molar-refractivity contribution is 0.355. The van der Waals surface area contributed by atoms with E-state index in [2.05, 4.69) is 108 Å². The molecule has 0 radical (unpaired) electrons. The van der Waals surface area contributed by atoms with Gasteiger partial charge in [-0.05, 0) is 34.7 Å². The molecule has 0 saturated heterocycles. The van der Waals surface area contributed by atoms with E-state index in [1.54, 1.807) is 0 Å². The zero-order valence-corrected chi connectivity index (χ0v) is 17.8. The molecule has 154 valence electrons. The Bertz CT molecular complexity index is 1300. The summed E-state index contributed by atoms with van der Waals surface area (Å²) in [5, 5.41) is 5.52. The zero-order chi connectivity index (χ0) is 21.2. The van der Waals surface area contributed by atoms with E-state index >= 15 is 0 Å². The summed E-state index contributed by atoms with van der Waals surface area (Å²) in [5.74, 6) is 1.59. The van der Waals surface area contributed by atoms with Crippen molar-refractivity contribution in [3.63, 3.8) is 0 Å². The molecule has 0 amide bonds. The molecule has 4 heteroatoms. The Kier molecular flexibility index (Phi) is 5.13. The van der Waals surface area contributed by atoms with E-state index in [0.29, 0.717) is 12.3 Å². The van der Waals surface area contributed by atoms with Crippen molar-refractivity contribution < 1.29 is 4.52 Å². The lowest BCUT2D eigenvalue weighted by Gasteiger charge is -2.05. The lowest BCUT2D eigenvalue weighted by atomic mass is 10.0. The van der Waals surface area contributed by atoms with Gasteiger partial charge >= 0.3 is 0 Å². The van der Waals surface area contributed by atoms with E-state index in [-0.39, 0.29) is 5.92 Å². The van der Waals surface area contributed by atoms with Crippen molar-refractivity contribution in [3.8, 4) is 11.1 Å². The van der Waals surface area contributed by atoms with Crippen LogP contribution in [0.5, 0.6) is 0 Å². The first-order chi connectivity index (χ1) is 15.2. The van der Waals surface area contributed by atoms with Crippen molar-refractivity contribution in [1.82, 2.24) is 14.7 Å². The zero-order valence-electron chi connectivity index (χ0n) is 17.8. The average Bonchev–Trinajstić information content (AvgIpc) is 3.40. The largest absolute Gasteiger partial charge is 0.350 e. The quantitative estimate of drug-likeness (QED) is 0.338. The highest BCUT2D eigenvalue weighted by atomic mass is 16.5. The fraction of sp³-hybridized carbons (Fsp3) is 0.185. The summed E-state index contributed by atoms with van der Waals surface area (Å²) in [4.78, 5) is 4.68. The second kappa shape index (κ2) is 8.23. The molecular formula is C27H25N3O. The number of benzene rings is 3. The lowest BCUT2D eigenvalue weighted by Crippen LogP contribution is -1.99. The summed E-state index contributed by atoms with van der Waals surface area (Å²) in [5.41, 5.74) is 6.16. The molecule has 0 N–H and O–H groups in total. The first-order valence-corrected chi connectivity index (χ1v) is 10.7. The topological polar surface area (TPSA) is 43.9 Å². The van der Waals surface area contributed by atoms with Gasteiger partial charge in [-0.1, -0.05) is 84.9 Å². The van der Waals surface area contributed by atoms with Crippen LogP contribution in [0.1, 0.15) is 35.7 Å². The number of para-hydroxylation sites is 1. The van der Waals surface area contributed by atoms with Crippen molar-refractivity contribution in [3.05, 3.63) is 108 Å². The van der Waals surface area contributed by atoms with Gasteiger partial charge in [-0.25, -0.2) is 0 Å². The molecule has 0 fully saturated rings. The molecule has 3 aromatic carbocycles.